The molecule has 0 bridgehead atoms. The van der Waals surface area contributed by atoms with E-state index in [4.69, 9.17) is 9.72 Å². The second kappa shape index (κ2) is 10.6. The van der Waals surface area contributed by atoms with E-state index in [2.05, 4.69) is 35.6 Å². The number of nitrogens with zero attached hydrogens (tertiary/aromatic N) is 5. The molecule has 2 saturated heterocycles. The van der Waals surface area contributed by atoms with E-state index in [9.17, 15) is 18.0 Å². The Morgan fingerprint density at radius 3 is 2.48 bits per heavy atom. The predicted octanol–water partition coefficient (Wildman–Crippen LogP) is 4.70. The number of aryl methyl sites for hydroxylation is 1. The highest BCUT2D eigenvalue weighted by Gasteiger charge is 2.68. The van der Waals surface area contributed by atoms with Crippen LogP contribution in [0.3, 0.4) is 0 Å². The number of benzene rings is 1. The number of anilines is 4. The third-order valence-corrected chi connectivity index (χ3v) is 8.32. The van der Waals surface area contributed by atoms with E-state index in [1.807, 2.05) is 19.1 Å². The second-order valence-corrected chi connectivity index (χ2v) is 11.4. The van der Waals surface area contributed by atoms with Crippen LogP contribution in [0.2, 0.25) is 0 Å². The van der Waals surface area contributed by atoms with Gasteiger partial charge >= 0.3 is 6.18 Å². The molecule has 3 aliphatic rings. The molecule has 3 aromatic rings. The molecule has 14 heteroatoms. The average Bonchev–Trinajstić information content (AvgIpc) is 3.63. The Labute approximate surface area is 236 Å². The summed E-state index contributed by atoms with van der Waals surface area (Å²) in [6.45, 7) is 7.01. The average molecular weight is 579 g/mol. The van der Waals surface area contributed by atoms with Crippen LogP contribution in [0, 0.1) is 12.3 Å². The van der Waals surface area contributed by atoms with E-state index < -0.39 is 17.5 Å². The summed E-state index contributed by atoms with van der Waals surface area (Å²) in [6.07, 6.45) is -4.90. The molecule has 2 aromatic heterocycles. The third kappa shape index (κ3) is 5.60. The Bertz CT molecular complexity index is 1380. The zero-order valence-corrected chi connectivity index (χ0v) is 22.6. The van der Waals surface area contributed by atoms with Crippen LogP contribution < -0.4 is 15.5 Å². The summed E-state index contributed by atoms with van der Waals surface area (Å²) in [6, 6.07) is 10.9. The first kappa shape index (κ1) is 26.8. The standard InChI is InChI=1S/C26H29F3N8O2S.2H2/c1-16-12-21(35-34-16)31-20-13-22(37-14-18(15-37)36-8-10-39-11-9-36)33-24(32-20)40-19-4-2-17(3-5-19)30-23(38)25(6-7-25)26(27,28)29;;/h2-5,12-13,18H,6-11,14-15H2,1H3,(H,30,38)(H2,31,32,33,34,35);2*1H. The minimum absolute atomic E-state index is 0. The van der Waals surface area contributed by atoms with Crippen LogP contribution >= 0.6 is 11.8 Å². The molecule has 6 rings (SSSR count). The maximum absolute atomic E-state index is 13.3. The lowest BCUT2D eigenvalue weighted by Crippen LogP contribution is -2.61. The number of morpholine rings is 1. The van der Waals surface area contributed by atoms with Gasteiger partial charge in [-0.15, -0.1) is 0 Å². The van der Waals surface area contributed by atoms with Crippen molar-refractivity contribution in [2.45, 2.75) is 42.0 Å². The highest BCUT2D eigenvalue weighted by Crippen LogP contribution is 2.58. The number of ether oxygens (including phenoxy) is 1. The number of aromatic nitrogens is 4. The van der Waals surface area contributed by atoms with Gasteiger partial charge < -0.3 is 20.3 Å². The van der Waals surface area contributed by atoms with Gasteiger partial charge in [0.15, 0.2) is 11.0 Å². The van der Waals surface area contributed by atoms with Crippen molar-refractivity contribution in [3.05, 3.63) is 42.1 Å². The first-order valence-electron chi connectivity index (χ1n) is 13.1. The Morgan fingerprint density at radius 1 is 1.12 bits per heavy atom. The van der Waals surface area contributed by atoms with Crippen molar-refractivity contribution in [2.75, 3.05) is 54.9 Å². The number of alkyl halides is 3. The number of aromatic amines is 1. The van der Waals surface area contributed by atoms with Crippen LogP contribution in [0.15, 0.2) is 46.5 Å². The molecule has 0 spiro atoms. The van der Waals surface area contributed by atoms with Crippen molar-refractivity contribution in [1.29, 1.82) is 0 Å². The number of amides is 1. The number of hydrogen-bond donors (Lipinski definition) is 3. The summed E-state index contributed by atoms with van der Waals surface area (Å²) in [7, 11) is 0. The van der Waals surface area contributed by atoms with Gasteiger partial charge in [-0.3, -0.25) is 14.8 Å². The largest absolute Gasteiger partial charge is 0.403 e. The van der Waals surface area contributed by atoms with Crippen LogP contribution in [0.4, 0.5) is 36.3 Å². The van der Waals surface area contributed by atoms with Crippen LogP contribution in [-0.4, -0.2) is 82.6 Å². The zero-order valence-electron chi connectivity index (χ0n) is 21.8. The topological polar surface area (TPSA) is 111 Å². The second-order valence-electron chi connectivity index (χ2n) is 10.3. The molecule has 0 unspecified atom stereocenters. The van der Waals surface area contributed by atoms with Gasteiger partial charge in [0.2, 0.25) is 5.91 Å². The van der Waals surface area contributed by atoms with Crippen molar-refractivity contribution in [3.63, 3.8) is 0 Å². The number of carbonyl (C=O) groups excluding carboxylic acids is 1. The first-order valence-corrected chi connectivity index (χ1v) is 13.9. The van der Waals surface area contributed by atoms with E-state index in [0.717, 1.165) is 55.8 Å². The van der Waals surface area contributed by atoms with Gasteiger partial charge in [0.05, 0.1) is 13.2 Å². The van der Waals surface area contributed by atoms with E-state index >= 15 is 0 Å². The monoisotopic (exact) mass is 578 g/mol. The third-order valence-electron chi connectivity index (χ3n) is 7.45. The number of rotatable bonds is 8. The van der Waals surface area contributed by atoms with Gasteiger partial charge in [-0.25, -0.2) is 9.97 Å². The molecule has 1 aliphatic carbocycles. The van der Waals surface area contributed by atoms with Crippen LogP contribution in [-0.2, 0) is 9.53 Å². The van der Waals surface area contributed by atoms with Crippen molar-refractivity contribution >= 4 is 40.8 Å². The lowest BCUT2D eigenvalue weighted by Gasteiger charge is -2.47. The van der Waals surface area contributed by atoms with E-state index in [1.165, 1.54) is 11.8 Å². The van der Waals surface area contributed by atoms with Crippen molar-refractivity contribution < 1.29 is 25.6 Å². The van der Waals surface area contributed by atoms with Gasteiger partial charge in [-0.2, -0.15) is 18.3 Å². The van der Waals surface area contributed by atoms with Crippen LogP contribution in [0.25, 0.3) is 0 Å². The minimum Gasteiger partial charge on any atom is -0.379 e. The van der Waals surface area contributed by atoms with Gasteiger partial charge in [0.1, 0.15) is 17.1 Å². The fourth-order valence-corrected chi connectivity index (χ4v) is 5.61. The zero-order chi connectivity index (χ0) is 27.9. The SMILES string of the molecule is Cc1cc(Nc2cc(N3CC(N4CCOCC4)C3)nc(Sc3ccc(NC(=O)C4(C(F)(F)F)CC4)cc3)n2)n[nH]1.[HH].[HH]. The number of halogens is 3. The summed E-state index contributed by atoms with van der Waals surface area (Å²) in [5.41, 5.74) is -1.04. The molecular weight excluding hydrogens is 545 g/mol. The summed E-state index contributed by atoms with van der Waals surface area (Å²) >= 11 is 1.33. The summed E-state index contributed by atoms with van der Waals surface area (Å²) in [5, 5.41) is 13.3. The highest BCUT2D eigenvalue weighted by molar-refractivity contribution is 7.99. The molecule has 3 fully saturated rings. The Kier molecular flexibility index (Phi) is 7.09. The van der Waals surface area contributed by atoms with Gasteiger partial charge in [0, 0.05) is 63.5 Å². The molecule has 216 valence electrons. The molecule has 1 saturated carbocycles. The molecule has 2 aliphatic heterocycles. The molecule has 1 aromatic carbocycles. The number of hydrogen-bond acceptors (Lipinski definition) is 9. The van der Waals surface area contributed by atoms with Gasteiger partial charge in [-0.05, 0) is 55.8 Å². The Hall–Kier alpha value is -3.36. The fourth-order valence-electron chi connectivity index (χ4n) is 4.84. The molecule has 0 radical (unpaired) electrons. The molecule has 0 atom stereocenters. The molecule has 4 heterocycles. The van der Waals surface area contributed by atoms with Crippen molar-refractivity contribution in [2.24, 2.45) is 5.41 Å². The van der Waals surface area contributed by atoms with E-state index in [-0.39, 0.29) is 15.7 Å². The maximum Gasteiger partial charge on any atom is 0.403 e. The smallest absolute Gasteiger partial charge is 0.379 e. The number of nitrogens with one attached hydrogen (secondary N) is 3. The quantitative estimate of drug-likeness (QED) is 0.328. The maximum atomic E-state index is 13.3. The lowest BCUT2D eigenvalue weighted by molar-refractivity contribution is -0.189. The highest BCUT2D eigenvalue weighted by atomic mass is 32.2. The van der Waals surface area contributed by atoms with Crippen LogP contribution in [0.5, 0.6) is 0 Å². The summed E-state index contributed by atoms with van der Waals surface area (Å²) < 4.78 is 45.3. The fraction of sp³-hybridized carbons (Fsp3) is 0.462. The summed E-state index contributed by atoms with van der Waals surface area (Å²) in [5.74, 6) is 1.02. The van der Waals surface area contributed by atoms with Crippen molar-refractivity contribution in [3.8, 4) is 0 Å². The number of carbonyl (C=O) groups is 1. The lowest BCUT2D eigenvalue weighted by atomic mass is 10.1. The molecule has 40 heavy (non-hydrogen) atoms. The molecule has 1 amide bonds. The summed E-state index contributed by atoms with van der Waals surface area (Å²) in [4.78, 5) is 27.2. The van der Waals surface area contributed by atoms with Gasteiger partial charge in [0.25, 0.3) is 0 Å². The van der Waals surface area contributed by atoms with E-state index in [1.54, 1.807) is 24.3 Å². The Morgan fingerprint density at radius 2 is 1.85 bits per heavy atom. The first-order chi connectivity index (χ1) is 19.2. The molecule has 10 nitrogen and oxygen atoms in total. The molecule has 3 N–H and O–H groups in total. The normalized spacial score (nSPS) is 19.2. The van der Waals surface area contributed by atoms with Gasteiger partial charge in [-0.1, -0.05) is 0 Å². The molecular formula is C26H33F3N8O2S. The van der Waals surface area contributed by atoms with E-state index in [0.29, 0.717) is 28.5 Å². The predicted molar refractivity (Wildman–Crippen MR) is 148 cm³/mol. The minimum atomic E-state index is -4.55. The Balaban J connectivity index is 0.00000202. The van der Waals surface area contributed by atoms with Crippen molar-refractivity contribution in [1.82, 2.24) is 25.1 Å². The van der Waals surface area contributed by atoms with Crippen LogP contribution in [0.1, 0.15) is 21.4 Å². The number of H-pyrrole nitrogens is 1.